The molecule has 2 aromatic rings. The fourth-order valence-electron chi connectivity index (χ4n) is 4.01. The number of carboxylic acids is 2. The highest BCUT2D eigenvalue weighted by Crippen LogP contribution is 2.42. The van der Waals surface area contributed by atoms with Crippen LogP contribution in [0.1, 0.15) is 23.1 Å². The van der Waals surface area contributed by atoms with Gasteiger partial charge in [0.25, 0.3) is 0 Å². The van der Waals surface area contributed by atoms with Crippen LogP contribution < -0.4 is 10.2 Å². The second-order valence-corrected chi connectivity index (χ2v) is 7.19. The number of hydrogen-bond acceptors (Lipinski definition) is 5. The SMILES string of the molecule is CN1CCCc2cc3c(c(-c4ccoc4)c21)CCNCC3.O=C(O)/C=C/C(=O)O. The van der Waals surface area contributed by atoms with E-state index >= 15 is 0 Å². The van der Waals surface area contributed by atoms with Gasteiger partial charge in [0, 0.05) is 42.6 Å². The Bertz CT molecular complexity index is 886. The number of benzene rings is 1. The second kappa shape index (κ2) is 9.43. The number of carboxylic acid groups (broad SMARTS) is 2. The first-order valence-corrected chi connectivity index (χ1v) is 9.73. The number of hydrogen-bond donors (Lipinski definition) is 3. The van der Waals surface area contributed by atoms with Crippen LogP contribution in [-0.4, -0.2) is 48.8 Å². The van der Waals surface area contributed by atoms with Crippen molar-refractivity contribution >= 4 is 17.6 Å². The summed E-state index contributed by atoms with van der Waals surface area (Å²) in [6.45, 7) is 3.31. The van der Waals surface area contributed by atoms with Crippen LogP contribution >= 0.6 is 0 Å². The topological polar surface area (TPSA) is 103 Å². The number of aliphatic carboxylic acids is 2. The number of nitrogens with zero attached hydrogens (tertiary/aromatic N) is 1. The minimum Gasteiger partial charge on any atom is -0.478 e. The monoisotopic (exact) mass is 398 g/mol. The molecule has 7 nitrogen and oxygen atoms in total. The van der Waals surface area contributed by atoms with Gasteiger partial charge in [0.05, 0.1) is 12.5 Å². The summed E-state index contributed by atoms with van der Waals surface area (Å²) >= 11 is 0. The van der Waals surface area contributed by atoms with Gasteiger partial charge in [-0.3, -0.25) is 0 Å². The molecular formula is C22H26N2O5. The average molecular weight is 398 g/mol. The largest absolute Gasteiger partial charge is 0.478 e. The van der Waals surface area contributed by atoms with Crippen molar-refractivity contribution in [1.82, 2.24) is 5.32 Å². The molecule has 1 aromatic carbocycles. The highest BCUT2D eigenvalue weighted by molar-refractivity contribution is 5.89. The molecule has 3 heterocycles. The first-order valence-electron chi connectivity index (χ1n) is 9.73. The zero-order valence-electron chi connectivity index (χ0n) is 16.5. The quantitative estimate of drug-likeness (QED) is 0.683. The third-order valence-electron chi connectivity index (χ3n) is 5.20. The lowest BCUT2D eigenvalue weighted by Gasteiger charge is -2.32. The predicted octanol–water partition coefficient (Wildman–Crippen LogP) is 2.73. The molecule has 29 heavy (non-hydrogen) atoms. The lowest BCUT2D eigenvalue weighted by molar-refractivity contribution is -0.134. The molecule has 0 saturated carbocycles. The molecule has 1 aromatic heterocycles. The van der Waals surface area contributed by atoms with Crippen molar-refractivity contribution in [2.24, 2.45) is 0 Å². The number of anilines is 1. The van der Waals surface area contributed by atoms with Crippen LogP contribution in [0, 0.1) is 0 Å². The van der Waals surface area contributed by atoms with E-state index < -0.39 is 11.9 Å². The first kappa shape index (κ1) is 20.7. The van der Waals surface area contributed by atoms with E-state index in [0.717, 1.165) is 32.5 Å². The van der Waals surface area contributed by atoms with E-state index in [0.29, 0.717) is 12.2 Å². The van der Waals surface area contributed by atoms with E-state index in [4.69, 9.17) is 14.6 Å². The lowest BCUT2D eigenvalue weighted by atomic mass is 9.86. The van der Waals surface area contributed by atoms with Crippen LogP contribution in [0.25, 0.3) is 11.1 Å². The van der Waals surface area contributed by atoms with Crippen molar-refractivity contribution in [3.63, 3.8) is 0 Å². The minimum atomic E-state index is -1.26. The van der Waals surface area contributed by atoms with E-state index in [2.05, 4.69) is 29.4 Å². The molecule has 0 saturated heterocycles. The highest BCUT2D eigenvalue weighted by Gasteiger charge is 2.25. The maximum Gasteiger partial charge on any atom is 0.328 e. The van der Waals surface area contributed by atoms with Gasteiger partial charge in [0.2, 0.25) is 0 Å². The fraction of sp³-hybridized carbons (Fsp3) is 0.364. The minimum absolute atomic E-state index is 0.558. The van der Waals surface area contributed by atoms with E-state index in [1.807, 2.05) is 6.26 Å². The zero-order valence-corrected chi connectivity index (χ0v) is 16.5. The summed E-state index contributed by atoms with van der Waals surface area (Å²) in [5.41, 5.74) is 8.66. The van der Waals surface area contributed by atoms with Crippen LogP contribution in [0.3, 0.4) is 0 Å². The Labute approximate surface area is 169 Å². The van der Waals surface area contributed by atoms with E-state index in [1.165, 1.54) is 46.3 Å². The molecule has 0 radical (unpaired) electrons. The lowest BCUT2D eigenvalue weighted by Crippen LogP contribution is -2.26. The summed E-state index contributed by atoms with van der Waals surface area (Å²) in [7, 11) is 2.23. The van der Waals surface area contributed by atoms with Crippen LogP contribution in [0.4, 0.5) is 5.69 Å². The average Bonchev–Trinajstić information content (AvgIpc) is 3.11. The number of nitrogens with one attached hydrogen (secondary N) is 1. The standard InChI is InChI=1S/C18H22N2O.C4H4O4/c1-20-9-2-3-14-11-13-4-7-19-8-5-16(13)17(18(14)20)15-6-10-21-12-15;5-3(6)1-2-4(7)8/h6,10-12,19H,2-5,7-9H2,1H3;1-2H,(H,5,6)(H,7,8)/b;2-1+. The van der Waals surface area contributed by atoms with E-state index in [9.17, 15) is 9.59 Å². The summed E-state index contributed by atoms with van der Waals surface area (Å²) in [6.07, 6.45) is 9.50. The molecule has 0 atom stereocenters. The Balaban J connectivity index is 0.000000258. The molecule has 7 heteroatoms. The number of fused-ring (bicyclic) bond motifs is 2. The molecule has 3 N–H and O–H groups in total. The molecule has 0 fully saturated rings. The molecule has 154 valence electrons. The number of aryl methyl sites for hydroxylation is 1. The highest BCUT2D eigenvalue weighted by atomic mass is 16.4. The summed E-state index contributed by atoms with van der Waals surface area (Å²) in [5.74, 6) is -2.51. The Morgan fingerprint density at radius 2 is 1.83 bits per heavy atom. The van der Waals surface area contributed by atoms with Crippen molar-refractivity contribution in [2.45, 2.75) is 25.7 Å². The maximum absolute atomic E-state index is 9.55. The number of carbonyl (C=O) groups is 2. The summed E-state index contributed by atoms with van der Waals surface area (Å²) in [6, 6.07) is 4.58. The zero-order chi connectivity index (χ0) is 20.8. The van der Waals surface area contributed by atoms with Gasteiger partial charge >= 0.3 is 11.9 Å². The van der Waals surface area contributed by atoms with Gasteiger partial charge in [-0.05, 0) is 61.5 Å². The third kappa shape index (κ3) is 5.06. The summed E-state index contributed by atoms with van der Waals surface area (Å²) in [4.78, 5) is 21.5. The van der Waals surface area contributed by atoms with Crippen molar-refractivity contribution in [3.8, 4) is 11.1 Å². The predicted molar refractivity (Wildman–Crippen MR) is 110 cm³/mol. The van der Waals surface area contributed by atoms with Gasteiger partial charge < -0.3 is 24.8 Å². The third-order valence-corrected chi connectivity index (χ3v) is 5.20. The van der Waals surface area contributed by atoms with Crippen LogP contribution in [-0.2, 0) is 28.9 Å². The molecule has 0 amide bonds. The Morgan fingerprint density at radius 1 is 1.10 bits per heavy atom. The summed E-state index contributed by atoms with van der Waals surface area (Å²) < 4.78 is 5.38. The number of rotatable bonds is 3. The first-order chi connectivity index (χ1) is 14.0. The van der Waals surface area contributed by atoms with E-state index in [-0.39, 0.29) is 0 Å². The van der Waals surface area contributed by atoms with Crippen molar-refractivity contribution in [2.75, 3.05) is 31.6 Å². The van der Waals surface area contributed by atoms with Gasteiger partial charge in [-0.25, -0.2) is 9.59 Å². The molecular weight excluding hydrogens is 372 g/mol. The van der Waals surface area contributed by atoms with Gasteiger partial charge in [0.1, 0.15) is 0 Å². The van der Waals surface area contributed by atoms with Crippen LogP contribution in [0.15, 0.2) is 41.2 Å². The number of furan rings is 1. The normalized spacial score (nSPS) is 15.7. The Kier molecular flexibility index (Phi) is 6.72. The Morgan fingerprint density at radius 3 is 2.48 bits per heavy atom. The molecule has 0 spiro atoms. The second-order valence-electron chi connectivity index (χ2n) is 7.19. The van der Waals surface area contributed by atoms with Gasteiger partial charge in [-0.2, -0.15) is 0 Å². The summed E-state index contributed by atoms with van der Waals surface area (Å²) in [5, 5.41) is 19.2. The van der Waals surface area contributed by atoms with Gasteiger partial charge in [0.15, 0.2) is 0 Å². The maximum atomic E-state index is 9.55. The molecule has 4 rings (SSSR count). The van der Waals surface area contributed by atoms with Gasteiger partial charge in [-0.15, -0.1) is 0 Å². The van der Waals surface area contributed by atoms with Gasteiger partial charge in [-0.1, -0.05) is 6.07 Å². The van der Waals surface area contributed by atoms with E-state index in [1.54, 1.807) is 6.26 Å². The fourth-order valence-corrected chi connectivity index (χ4v) is 4.01. The van der Waals surface area contributed by atoms with Crippen molar-refractivity contribution in [1.29, 1.82) is 0 Å². The van der Waals surface area contributed by atoms with Crippen LogP contribution in [0.5, 0.6) is 0 Å². The smallest absolute Gasteiger partial charge is 0.328 e. The molecule has 0 aliphatic carbocycles. The van der Waals surface area contributed by atoms with Crippen molar-refractivity contribution in [3.05, 3.63) is 53.5 Å². The van der Waals surface area contributed by atoms with Crippen molar-refractivity contribution < 1.29 is 24.2 Å². The molecule has 2 aliphatic rings. The Hall–Kier alpha value is -3.06. The van der Waals surface area contributed by atoms with Crippen LogP contribution in [0.2, 0.25) is 0 Å². The molecule has 0 bridgehead atoms. The molecule has 2 aliphatic heterocycles. The molecule has 0 unspecified atom stereocenters.